The van der Waals surface area contributed by atoms with Crippen LogP contribution >= 0.6 is 0 Å². The highest BCUT2D eigenvalue weighted by molar-refractivity contribution is 5.84. The summed E-state index contributed by atoms with van der Waals surface area (Å²) < 4.78 is 0. The molecule has 0 aromatic carbocycles. The Kier molecular flexibility index (Phi) is 40.0. The van der Waals surface area contributed by atoms with Crippen LogP contribution in [0.25, 0.3) is 0 Å². The molecule has 0 saturated heterocycles. The van der Waals surface area contributed by atoms with Crippen molar-refractivity contribution in [1.82, 2.24) is 0 Å². The van der Waals surface area contributed by atoms with Crippen molar-refractivity contribution in [3.63, 3.8) is 0 Å². The van der Waals surface area contributed by atoms with Gasteiger partial charge < -0.3 is 56.2 Å². The molecular formula is C24H56O12. The number of carboxylic acid groups (broad SMARTS) is 1. The maximum absolute atomic E-state index is 9.60. The number of hydrogen-bond donors (Lipinski definition) is 11. The number of aliphatic hydroxyl groups is 10. The molecule has 11 N–H and O–H groups in total. The molecule has 12 nitrogen and oxygen atoms in total. The van der Waals surface area contributed by atoms with Crippen LogP contribution in [-0.4, -0.2) is 123 Å². The van der Waals surface area contributed by atoms with Crippen molar-refractivity contribution in [3.05, 3.63) is 12.2 Å². The Morgan fingerprint density at radius 3 is 0.472 bits per heavy atom. The van der Waals surface area contributed by atoms with Crippen molar-refractivity contribution in [2.75, 3.05) is 0 Å². The summed E-state index contributed by atoms with van der Waals surface area (Å²) in [6.07, 6.45) is -5.93. The SMILES string of the molecule is C=C(C)C(=O)O.CC(O)C(C)O.CC(O)C(C)O.CC(O)C(C)O.CC(O)C(C)O.CC(O)C(C)O. The van der Waals surface area contributed by atoms with Gasteiger partial charge in [0.25, 0.3) is 0 Å². The van der Waals surface area contributed by atoms with Crippen molar-refractivity contribution in [2.45, 2.75) is 137 Å². The average Bonchev–Trinajstić information content (AvgIpc) is 2.69. The Labute approximate surface area is 216 Å². The van der Waals surface area contributed by atoms with Crippen LogP contribution < -0.4 is 0 Å². The molecule has 0 heterocycles. The van der Waals surface area contributed by atoms with Crippen LogP contribution in [0.5, 0.6) is 0 Å². The Balaban J connectivity index is -0.0000000750. The second kappa shape index (κ2) is 30.0. The van der Waals surface area contributed by atoms with Gasteiger partial charge in [0.15, 0.2) is 0 Å². The predicted octanol–water partition coefficient (Wildman–Crippen LogP) is -0.613. The number of rotatable bonds is 6. The highest BCUT2D eigenvalue weighted by atomic mass is 16.4. The second-order valence-electron chi connectivity index (χ2n) is 8.49. The number of carboxylic acids is 1. The first kappa shape index (κ1) is 47.9. The van der Waals surface area contributed by atoms with E-state index in [1.165, 1.54) is 6.92 Å². The smallest absolute Gasteiger partial charge is 0.330 e. The van der Waals surface area contributed by atoms with E-state index in [1.54, 1.807) is 69.2 Å². The van der Waals surface area contributed by atoms with Gasteiger partial charge in [-0.05, 0) is 76.2 Å². The van der Waals surface area contributed by atoms with Crippen molar-refractivity contribution in [3.8, 4) is 0 Å². The molecule has 0 rings (SSSR count). The van der Waals surface area contributed by atoms with Crippen LogP contribution in [0.3, 0.4) is 0 Å². The van der Waals surface area contributed by atoms with E-state index >= 15 is 0 Å². The van der Waals surface area contributed by atoms with Crippen LogP contribution in [0.4, 0.5) is 0 Å². The fourth-order valence-electron chi connectivity index (χ4n) is 0. The first-order valence-corrected chi connectivity index (χ1v) is 11.6. The maximum atomic E-state index is 9.60. The standard InChI is InChI=1S/5C4H10O2.C4H6O2/c5*1-3(5)4(2)6;1-3(2)4(5)6/h5*3-6H,1-2H3;1H2,2H3,(H,5,6). The zero-order valence-corrected chi connectivity index (χ0v) is 23.8. The van der Waals surface area contributed by atoms with Gasteiger partial charge in [-0.1, -0.05) is 6.58 Å². The molecule has 10 unspecified atom stereocenters. The van der Waals surface area contributed by atoms with Gasteiger partial charge >= 0.3 is 5.97 Å². The summed E-state index contributed by atoms with van der Waals surface area (Å²) in [4.78, 5) is 9.60. The van der Waals surface area contributed by atoms with Gasteiger partial charge in [0.1, 0.15) is 0 Å². The van der Waals surface area contributed by atoms with Gasteiger partial charge in [-0.15, -0.1) is 0 Å². The van der Waals surface area contributed by atoms with E-state index < -0.39 is 67.0 Å². The Morgan fingerprint density at radius 2 is 0.472 bits per heavy atom. The van der Waals surface area contributed by atoms with Gasteiger partial charge in [-0.3, -0.25) is 0 Å². The van der Waals surface area contributed by atoms with Gasteiger partial charge in [0, 0.05) is 5.57 Å². The zero-order chi connectivity index (χ0) is 30.9. The monoisotopic (exact) mass is 536 g/mol. The lowest BCUT2D eigenvalue weighted by Gasteiger charge is -2.03. The fourth-order valence-corrected chi connectivity index (χ4v) is 0. The third kappa shape index (κ3) is 63.8. The Morgan fingerprint density at radius 1 is 0.417 bits per heavy atom. The molecule has 0 aliphatic carbocycles. The van der Waals surface area contributed by atoms with E-state index in [9.17, 15) is 4.79 Å². The number of aliphatic hydroxyl groups excluding tert-OH is 10. The van der Waals surface area contributed by atoms with E-state index in [-0.39, 0.29) is 5.57 Å². The summed E-state index contributed by atoms with van der Waals surface area (Å²) in [5.41, 5.74) is 0.176. The molecule has 0 aromatic heterocycles. The van der Waals surface area contributed by atoms with Crippen LogP contribution in [0.1, 0.15) is 76.2 Å². The van der Waals surface area contributed by atoms with Crippen molar-refractivity contribution in [1.29, 1.82) is 0 Å². The Bertz CT molecular complexity index is 346. The molecule has 0 amide bonds. The topological polar surface area (TPSA) is 240 Å². The lowest BCUT2D eigenvalue weighted by molar-refractivity contribution is -0.132. The highest BCUT2D eigenvalue weighted by Gasteiger charge is 2.01. The second-order valence-corrected chi connectivity index (χ2v) is 8.49. The van der Waals surface area contributed by atoms with Gasteiger partial charge in [0.05, 0.1) is 61.0 Å². The summed E-state index contributed by atoms with van der Waals surface area (Å²) >= 11 is 0. The molecule has 0 aromatic rings. The van der Waals surface area contributed by atoms with E-state index in [0.29, 0.717) is 0 Å². The molecule has 0 radical (unpaired) electrons. The predicted molar refractivity (Wildman–Crippen MR) is 139 cm³/mol. The molecule has 0 bridgehead atoms. The third-order valence-electron chi connectivity index (χ3n) is 3.86. The summed E-state index contributed by atoms with van der Waals surface area (Å²) in [5.74, 6) is -0.935. The summed E-state index contributed by atoms with van der Waals surface area (Å²) in [7, 11) is 0. The highest BCUT2D eigenvalue weighted by Crippen LogP contribution is 1.88. The van der Waals surface area contributed by atoms with Crippen LogP contribution in [0, 0.1) is 0 Å². The minimum Gasteiger partial charge on any atom is -0.478 e. The number of aliphatic carboxylic acids is 1. The van der Waals surface area contributed by atoms with Gasteiger partial charge in [-0.25, -0.2) is 4.79 Å². The lowest BCUT2D eigenvalue weighted by atomic mass is 10.3. The maximum Gasteiger partial charge on any atom is 0.330 e. The first-order chi connectivity index (χ1) is 15.9. The Hall–Kier alpha value is -1.19. The van der Waals surface area contributed by atoms with Crippen LogP contribution in [0.2, 0.25) is 0 Å². The molecule has 12 heteroatoms. The van der Waals surface area contributed by atoms with Crippen LogP contribution in [-0.2, 0) is 4.79 Å². The zero-order valence-electron chi connectivity index (χ0n) is 23.8. The van der Waals surface area contributed by atoms with E-state index in [2.05, 4.69) is 6.58 Å². The molecule has 0 aliphatic heterocycles. The average molecular weight is 537 g/mol. The molecule has 0 fully saturated rings. The lowest BCUT2D eigenvalue weighted by Crippen LogP contribution is -2.17. The molecule has 0 saturated carbocycles. The van der Waals surface area contributed by atoms with Gasteiger partial charge in [0.2, 0.25) is 0 Å². The molecule has 10 atom stereocenters. The molecule has 224 valence electrons. The van der Waals surface area contributed by atoms with E-state index in [4.69, 9.17) is 56.2 Å². The summed E-state index contributed by atoms with van der Waals surface area (Å²) in [6, 6.07) is 0. The summed E-state index contributed by atoms with van der Waals surface area (Å²) in [6.45, 7) is 20.1. The quantitative estimate of drug-likeness (QED) is 0.190. The van der Waals surface area contributed by atoms with E-state index in [0.717, 1.165) is 0 Å². The largest absolute Gasteiger partial charge is 0.478 e. The van der Waals surface area contributed by atoms with Gasteiger partial charge in [-0.2, -0.15) is 0 Å². The van der Waals surface area contributed by atoms with Crippen LogP contribution in [0.15, 0.2) is 12.2 Å². The van der Waals surface area contributed by atoms with E-state index in [1.807, 2.05) is 0 Å². The number of hydrogen-bond acceptors (Lipinski definition) is 11. The number of carbonyl (C=O) groups is 1. The van der Waals surface area contributed by atoms with Crippen molar-refractivity contribution in [2.24, 2.45) is 0 Å². The molecule has 0 aliphatic rings. The van der Waals surface area contributed by atoms with Crippen molar-refractivity contribution >= 4 is 5.97 Å². The normalized spacial score (nSPS) is 17.9. The molecule has 36 heavy (non-hydrogen) atoms. The summed E-state index contributed by atoms with van der Waals surface area (Å²) in [5, 5.41) is 91.7. The minimum atomic E-state index is -0.935. The first-order valence-electron chi connectivity index (χ1n) is 11.6. The third-order valence-corrected chi connectivity index (χ3v) is 3.86. The van der Waals surface area contributed by atoms with Crippen molar-refractivity contribution < 1.29 is 61.0 Å². The fraction of sp³-hybridized carbons (Fsp3) is 0.875. The molecule has 0 spiro atoms. The molecular weight excluding hydrogens is 480 g/mol. The minimum absolute atomic E-state index is 0.176.